The number of pyridine rings is 2. The summed E-state index contributed by atoms with van der Waals surface area (Å²) in [5, 5.41) is 7.75. The molecule has 1 fully saturated rings. The minimum Gasteiger partial charge on any atom is -0.354 e. The van der Waals surface area contributed by atoms with Gasteiger partial charge in [0.1, 0.15) is 17.3 Å². The second-order valence-electron chi connectivity index (χ2n) is 8.16. The van der Waals surface area contributed by atoms with Crippen LogP contribution in [0.25, 0.3) is 11.1 Å². The molecule has 35 heavy (non-hydrogen) atoms. The van der Waals surface area contributed by atoms with Gasteiger partial charge in [0.25, 0.3) is 5.91 Å². The van der Waals surface area contributed by atoms with E-state index in [-0.39, 0.29) is 50.2 Å². The maximum Gasteiger partial charge on any atom is 0.417 e. The summed E-state index contributed by atoms with van der Waals surface area (Å²) in [5.41, 5.74) is 0.990. The summed E-state index contributed by atoms with van der Waals surface area (Å²) in [4.78, 5) is 25.4. The number of carbonyl (C=O) groups is 1. The number of anilines is 2. The fourth-order valence-electron chi connectivity index (χ4n) is 4.24. The fourth-order valence-corrected chi connectivity index (χ4v) is 4.24. The highest BCUT2D eigenvalue weighted by Gasteiger charge is 2.35. The maximum absolute atomic E-state index is 13.5. The summed E-state index contributed by atoms with van der Waals surface area (Å²) < 4.78 is 40.4. The number of hydrogen-bond acceptors (Lipinski definition) is 6. The molecule has 13 heteroatoms. The lowest BCUT2D eigenvalue weighted by Crippen LogP contribution is -2.44. The number of hydrogen-bond donors (Lipinski definition) is 1. The van der Waals surface area contributed by atoms with E-state index < -0.39 is 11.7 Å². The van der Waals surface area contributed by atoms with E-state index in [1.165, 1.54) is 11.0 Å². The molecule has 0 unspecified atom stereocenters. The number of aromatic nitrogens is 4. The average molecular weight is 528 g/mol. The molecule has 0 spiro atoms. The number of nitrogens with one attached hydrogen (secondary N) is 1. The predicted octanol–water partition coefficient (Wildman–Crippen LogP) is 3.52. The van der Waals surface area contributed by atoms with Gasteiger partial charge in [-0.25, -0.2) is 9.97 Å². The molecule has 1 N–H and O–H groups in total. The van der Waals surface area contributed by atoms with Gasteiger partial charge >= 0.3 is 6.18 Å². The molecule has 8 nitrogen and oxygen atoms in total. The Balaban J connectivity index is 0.00000171. The highest BCUT2D eigenvalue weighted by molar-refractivity contribution is 7.59. The molecule has 0 saturated carbocycles. The third-order valence-corrected chi connectivity index (χ3v) is 5.96. The molecular weight excluding hydrogens is 503 g/mol. The number of nitrogens with zero attached hydrogens (tertiary/aromatic N) is 6. The molecule has 188 valence electrons. The van der Waals surface area contributed by atoms with Crippen molar-refractivity contribution in [1.82, 2.24) is 25.1 Å². The number of piperazine rings is 1. The van der Waals surface area contributed by atoms with Crippen molar-refractivity contribution in [3.05, 3.63) is 54.1 Å². The smallest absolute Gasteiger partial charge is 0.354 e. The standard InChI is InChI=1S/C22H22F3N7O.ClH.H2S/c1-14-13-31(18-3-2-16(11-28-18)22(23,24)25)21(33)20-17(12-29-32(14)20)15-4-5-27-19(10-15)30-8-6-26-7-9-30;;/h2-5,10-12,14,26H,6-9,13H2,1H3;1H;1H2/t14-;;/m0../s1. The summed E-state index contributed by atoms with van der Waals surface area (Å²) >= 11 is 0. The minimum absolute atomic E-state index is 0. The zero-order valence-corrected chi connectivity index (χ0v) is 20.6. The van der Waals surface area contributed by atoms with Gasteiger partial charge in [-0.2, -0.15) is 31.8 Å². The number of carbonyl (C=O) groups excluding carboxylic acids is 1. The van der Waals surface area contributed by atoms with Crippen LogP contribution in [0.15, 0.2) is 42.9 Å². The molecule has 1 amide bonds. The number of fused-ring (bicyclic) bond motifs is 1. The Labute approximate surface area is 213 Å². The first-order valence-electron chi connectivity index (χ1n) is 10.7. The summed E-state index contributed by atoms with van der Waals surface area (Å²) in [6.07, 6.45) is -0.365. The van der Waals surface area contributed by atoms with Crippen LogP contribution in [0.5, 0.6) is 0 Å². The van der Waals surface area contributed by atoms with Crippen LogP contribution in [0.3, 0.4) is 0 Å². The fraction of sp³-hybridized carbons (Fsp3) is 0.364. The lowest BCUT2D eigenvalue weighted by molar-refractivity contribution is -0.137. The van der Waals surface area contributed by atoms with E-state index >= 15 is 0 Å². The predicted molar refractivity (Wildman–Crippen MR) is 134 cm³/mol. The van der Waals surface area contributed by atoms with Crippen molar-refractivity contribution in [3.63, 3.8) is 0 Å². The van der Waals surface area contributed by atoms with Gasteiger partial charge in [0.15, 0.2) is 0 Å². The first-order chi connectivity index (χ1) is 15.8. The van der Waals surface area contributed by atoms with Gasteiger partial charge in [0, 0.05) is 50.7 Å². The van der Waals surface area contributed by atoms with Gasteiger partial charge in [-0.1, -0.05) is 0 Å². The molecule has 5 heterocycles. The maximum atomic E-state index is 13.5. The zero-order valence-electron chi connectivity index (χ0n) is 18.8. The Morgan fingerprint density at radius 1 is 1.06 bits per heavy atom. The van der Waals surface area contributed by atoms with Crippen molar-refractivity contribution in [2.75, 3.05) is 42.5 Å². The van der Waals surface area contributed by atoms with E-state index in [4.69, 9.17) is 0 Å². The number of amides is 1. The van der Waals surface area contributed by atoms with Crippen LogP contribution >= 0.6 is 25.9 Å². The monoisotopic (exact) mass is 527 g/mol. The highest BCUT2D eigenvalue weighted by Crippen LogP contribution is 2.34. The van der Waals surface area contributed by atoms with Crippen LogP contribution in [0.1, 0.15) is 29.0 Å². The second-order valence-corrected chi connectivity index (χ2v) is 8.16. The number of rotatable bonds is 3. The van der Waals surface area contributed by atoms with Crippen LogP contribution in [0, 0.1) is 0 Å². The number of alkyl halides is 3. The molecule has 1 saturated heterocycles. The van der Waals surface area contributed by atoms with E-state index in [0.717, 1.165) is 49.8 Å². The Bertz CT molecular complexity index is 1180. The van der Waals surface area contributed by atoms with Gasteiger partial charge in [-0.15, -0.1) is 12.4 Å². The largest absolute Gasteiger partial charge is 0.417 e. The zero-order chi connectivity index (χ0) is 23.2. The molecule has 5 rings (SSSR count). The Morgan fingerprint density at radius 2 is 1.80 bits per heavy atom. The molecule has 0 bridgehead atoms. The minimum atomic E-state index is -4.49. The van der Waals surface area contributed by atoms with Crippen LogP contribution in [-0.2, 0) is 6.18 Å². The van der Waals surface area contributed by atoms with Gasteiger partial charge in [-0.3, -0.25) is 14.4 Å². The van der Waals surface area contributed by atoms with Crippen molar-refractivity contribution in [2.45, 2.75) is 19.1 Å². The SMILES string of the molecule is C[C@H]1CN(c2ccc(C(F)(F)F)cn2)C(=O)c2c(-c3ccnc(N4CCNCC4)c3)cnn21.Cl.S. The van der Waals surface area contributed by atoms with E-state index in [1.807, 2.05) is 19.1 Å². The summed E-state index contributed by atoms with van der Waals surface area (Å²) in [6, 6.07) is 5.77. The van der Waals surface area contributed by atoms with Crippen LogP contribution in [0.2, 0.25) is 0 Å². The van der Waals surface area contributed by atoms with Gasteiger partial charge in [0.2, 0.25) is 0 Å². The van der Waals surface area contributed by atoms with Crippen LogP contribution < -0.4 is 15.1 Å². The first-order valence-corrected chi connectivity index (χ1v) is 10.7. The van der Waals surface area contributed by atoms with Crippen molar-refractivity contribution in [3.8, 4) is 11.1 Å². The van der Waals surface area contributed by atoms with E-state index in [9.17, 15) is 18.0 Å². The normalized spacial score (nSPS) is 17.9. The van der Waals surface area contributed by atoms with E-state index in [1.54, 1.807) is 17.1 Å². The summed E-state index contributed by atoms with van der Waals surface area (Å²) in [6.45, 7) is 5.59. The van der Waals surface area contributed by atoms with Gasteiger partial charge in [-0.05, 0) is 36.8 Å². The Kier molecular flexibility index (Phi) is 7.97. The third kappa shape index (κ3) is 5.09. The second kappa shape index (κ2) is 10.4. The van der Waals surface area contributed by atoms with Crippen LogP contribution in [0.4, 0.5) is 24.8 Å². The van der Waals surface area contributed by atoms with Crippen molar-refractivity contribution >= 4 is 43.4 Å². The summed E-state index contributed by atoms with van der Waals surface area (Å²) in [5.74, 6) is 0.648. The summed E-state index contributed by atoms with van der Waals surface area (Å²) in [7, 11) is 0. The molecule has 2 aliphatic heterocycles. The van der Waals surface area contributed by atoms with E-state index in [2.05, 4.69) is 25.3 Å². The van der Waals surface area contributed by atoms with Gasteiger partial charge < -0.3 is 10.2 Å². The number of halogens is 4. The first kappa shape index (κ1) is 26.8. The molecular formula is C22H25ClF3N7OS. The molecule has 0 aliphatic carbocycles. The van der Waals surface area contributed by atoms with Crippen molar-refractivity contribution < 1.29 is 18.0 Å². The Morgan fingerprint density at radius 3 is 2.46 bits per heavy atom. The molecule has 1 atom stereocenters. The molecule has 3 aromatic rings. The lowest BCUT2D eigenvalue weighted by Gasteiger charge is -2.32. The topological polar surface area (TPSA) is 79.2 Å². The molecule has 0 aromatic carbocycles. The lowest BCUT2D eigenvalue weighted by atomic mass is 10.0. The third-order valence-electron chi connectivity index (χ3n) is 5.96. The Hall–Kier alpha value is -2.83. The van der Waals surface area contributed by atoms with Crippen LogP contribution in [-0.4, -0.2) is 58.4 Å². The van der Waals surface area contributed by atoms with Crippen molar-refractivity contribution in [1.29, 1.82) is 0 Å². The molecule has 0 radical (unpaired) electrons. The van der Waals surface area contributed by atoms with E-state index in [0.29, 0.717) is 11.3 Å². The highest BCUT2D eigenvalue weighted by atomic mass is 35.5. The molecule has 2 aliphatic rings. The quantitative estimate of drug-likeness (QED) is 0.561. The average Bonchev–Trinajstić information content (AvgIpc) is 3.28. The van der Waals surface area contributed by atoms with Gasteiger partial charge in [0.05, 0.1) is 17.8 Å². The van der Waals surface area contributed by atoms with Crippen molar-refractivity contribution in [2.24, 2.45) is 0 Å². The molecule has 3 aromatic heterocycles.